The number of rotatable bonds is 7. The minimum atomic E-state index is 0.0145. The quantitative estimate of drug-likeness (QED) is 0.606. The summed E-state index contributed by atoms with van der Waals surface area (Å²) >= 11 is 1.44. The summed E-state index contributed by atoms with van der Waals surface area (Å²) in [5.74, 6) is 1.00. The molecule has 4 rings (SSSR count). The number of carbonyl (C=O) groups excluding carboxylic acids is 1. The number of fused-ring (bicyclic) bond motifs is 3. The SMILES string of the molecule is CCCN(CCC)Cc1nnc(-c2ncn3c2CN(C)C(=O)c2sccc2-3)o1. The van der Waals surface area contributed by atoms with Crippen molar-refractivity contribution in [1.82, 2.24) is 29.5 Å². The number of hydrogen-bond donors (Lipinski definition) is 0. The summed E-state index contributed by atoms with van der Waals surface area (Å²) in [6, 6.07) is 1.94. The van der Waals surface area contributed by atoms with Gasteiger partial charge in [-0.15, -0.1) is 21.5 Å². The molecular formula is C19H24N6O2S. The Bertz CT molecular complexity index is 969. The van der Waals surface area contributed by atoms with Crippen molar-refractivity contribution in [3.63, 3.8) is 0 Å². The Kier molecular flexibility index (Phi) is 5.27. The van der Waals surface area contributed by atoms with Crippen LogP contribution >= 0.6 is 11.3 Å². The summed E-state index contributed by atoms with van der Waals surface area (Å²) in [4.78, 5) is 21.9. The number of thiophene rings is 1. The molecule has 1 aliphatic rings. The van der Waals surface area contributed by atoms with E-state index in [1.807, 2.05) is 16.0 Å². The molecule has 0 bridgehead atoms. The van der Waals surface area contributed by atoms with E-state index in [4.69, 9.17) is 4.42 Å². The van der Waals surface area contributed by atoms with Crippen LogP contribution in [0.1, 0.15) is 47.9 Å². The van der Waals surface area contributed by atoms with Crippen molar-refractivity contribution < 1.29 is 9.21 Å². The lowest BCUT2D eigenvalue weighted by atomic mass is 10.3. The van der Waals surface area contributed by atoms with Crippen LogP contribution < -0.4 is 0 Å². The molecule has 3 aromatic heterocycles. The Balaban J connectivity index is 1.65. The summed E-state index contributed by atoms with van der Waals surface area (Å²) in [5, 5.41) is 10.4. The number of carbonyl (C=O) groups is 1. The zero-order valence-corrected chi connectivity index (χ0v) is 17.2. The Hall–Kier alpha value is -2.52. The Morgan fingerprint density at radius 1 is 1.25 bits per heavy atom. The molecule has 9 heteroatoms. The third kappa shape index (κ3) is 3.35. The van der Waals surface area contributed by atoms with Crippen molar-refractivity contribution in [2.75, 3.05) is 20.1 Å². The van der Waals surface area contributed by atoms with Crippen LogP contribution in [0.4, 0.5) is 0 Å². The van der Waals surface area contributed by atoms with Crippen molar-refractivity contribution in [2.45, 2.75) is 39.8 Å². The van der Waals surface area contributed by atoms with Crippen molar-refractivity contribution in [3.8, 4) is 17.3 Å². The highest BCUT2D eigenvalue weighted by Gasteiger charge is 2.29. The van der Waals surface area contributed by atoms with Crippen LogP contribution in [0.2, 0.25) is 0 Å². The van der Waals surface area contributed by atoms with Gasteiger partial charge in [0.1, 0.15) is 11.2 Å². The number of hydrogen-bond acceptors (Lipinski definition) is 7. The second kappa shape index (κ2) is 7.84. The average Bonchev–Trinajstić information content (AvgIpc) is 3.39. The zero-order valence-electron chi connectivity index (χ0n) is 16.4. The lowest BCUT2D eigenvalue weighted by Gasteiger charge is -2.18. The largest absolute Gasteiger partial charge is 0.418 e. The van der Waals surface area contributed by atoms with Gasteiger partial charge < -0.3 is 9.32 Å². The molecule has 4 heterocycles. The van der Waals surface area contributed by atoms with Crippen LogP contribution in [0.15, 0.2) is 22.2 Å². The Morgan fingerprint density at radius 3 is 2.79 bits per heavy atom. The average molecular weight is 401 g/mol. The minimum absolute atomic E-state index is 0.0145. The third-order valence-electron chi connectivity index (χ3n) is 4.81. The lowest BCUT2D eigenvalue weighted by molar-refractivity contribution is 0.0792. The summed E-state index contributed by atoms with van der Waals surface area (Å²) in [7, 11) is 1.80. The number of aromatic nitrogens is 4. The normalized spacial score (nSPS) is 13.7. The molecule has 148 valence electrons. The molecular weight excluding hydrogens is 376 g/mol. The summed E-state index contributed by atoms with van der Waals surface area (Å²) in [5.41, 5.74) is 2.36. The molecule has 0 radical (unpaired) electrons. The maximum atomic E-state index is 12.6. The minimum Gasteiger partial charge on any atom is -0.418 e. The van der Waals surface area contributed by atoms with Gasteiger partial charge in [-0.05, 0) is 37.4 Å². The first-order valence-electron chi connectivity index (χ1n) is 9.57. The molecule has 1 aliphatic heterocycles. The van der Waals surface area contributed by atoms with Crippen LogP contribution in [-0.4, -0.2) is 55.6 Å². The molecule has 0 aliphatic carbocycles. The van der Waals surface area contributed by atoms with Crippen LogP contribution in [0, 0.1) is 0 Å². The fourth-order valence-electron chi connectivity index (χ4n) is 3.54. The maximum absolute atomic E-state index is 12.6. The molecule has 1 amide bonds. The van der Waals surface area contributed by atoms with Gasteiger partial charge in [-0.2, -0.15) is 0 Å². The second-order valence-corrected chi connectivity index (χ2v) is 7.90. The van der Waals surface area contributed by atoms with E-state index in [0.29, 0.717) is 35.4 Å². The van der Waals surface area contributed by atoms with Gasteiger partial charge in [-0.25, -0.2) is 4.98 Å². The predicted molar refractivity (Wildman–Crippen MR) is 106 cm³/mol. The Morgan fingerprint density at radius 2 is 2.04 bits per heavy atom. The molecule has 0 saturated carbocycles. The van der Waals surface area contributed by atoms with Gasteiger partial charge in [-0.3, -0.25) is 14.3 Å². The van der Waals surface area contributed by atoms with E-state index >= 15 is 0 Å². The predicted octanol–water partition coefficient (Wildman–Crippen LogP) is 3.19. The fourth-order valence-corrected chi connectivity index (χ4v) is 4.42. The van der Waals surface area contributed by atoms with Crippen LogP contribution in [0.5, 0.6) is 0 Å². The van der Waals surface area contributed by atoms with E-state index in [1.54, 1.807) is 18.3 Å². The van der Waals surface area contributed by atoms with E-state index in [9.17, 15) is 4.79 Å². The standard InChI is InChI=1S/C19H24N6O2S/c1-4-7-24(8-5-2)11-15-21-22-18(27-15)16-14-10-23(3)19(26)17-13(6-9-28-17)25(14)12-20-16/h6,9,12H,4-5,7-8,10-11H2,1-3H3. The summed E-state index contributed by atoms with van der Waals surface area (Å²) < 4.78 is 7.90. The van der Waals surface area contributed by atoms with Crippen molar-refractivity contribution in [2.24, 2.45) is 0 Å². The smallest absolute Gasteiger partial charge is 0.268 e. The van der Waals surface area contributed by atoms with Gasteiger partial charge in [0, 0.05) is 7.05 Å². The third-order valence-corrected chi connectivity index (χ3v) is 5.70. The number of amides is 1. The van der Waals surface area contributed by atoms with Crippen molar-refractivity contribution in [3.05, 3.63) is 34.2 Å². The van der Waals surface area contributed by atoms with Crippen LogP contribution in [0.3, 0.4) is 0 Å². The molecule has 0 aromatic carbocycles. The Labute approximate surface area is 167 Å². The monoisotopic (exact) mass is 400 g/mol. The van der Waals surface area contributed by atoms with E-state index in [-0.39, 0.29) is 5.91 Å². The lowest BCUT2D eigenvalue weighted by Crippen LogP contribution is -2.25. The number of nitrogens with zero attached hydrogens (tertiary/aromatic N) is 6. The molecule has 3 aromatic rings. The van der Waals surface area contributed by atoms with Crippen molar-refractivity contribution in [1.29, 1.82) is 0 Å². The molecule has 8 nitrogen and oxygen atoms in total. The summed E-state index contributed by atoms with van der Waals surface area (Å²) in [6.07, 6.45) is 3.89. The highest BCUT2D eigenvalue weighted by atomic mass is 32.1. The van der Waals surface area contributed by atoms with Gasteiger partial charge in [0.25, 0.3) is 11.8 Å². The first-order chi connectivity index (χ1) is 13.6. The fraction of sp³-hybridized carbons (Fsp3) is 0.474. The molecule has 0 N–H and O–H groups in total. The van der Waals surface area contributed by atoms with Gasteiger partial charge in [0.2, 0.25) is 5.89 Å². The first-order valence-corrected chi connectivity index (χ1v) is 10.4. The first kappa shape index (κ1) is 18.8. The molecule has 0 unspecified atom stereocenters. The highest BCUT2D eigenvalue weighted by molar-refractivity contribution is 7.12. The highest BCUT2D eigenvalue weighted by Crippen LogP contribution is 2.32. The van der Waals surface area contributed by atoms with E-state index in [0.717, 1.165) is 37.3 Å². The topological polar surface area (TPSA) is 80.3 Å². The molecule has 0 atom stereocenters. The van der Waals surface area contributed by atoms with Crippen LogP contribution in [0.25, 0.3) is 17.3 Å². The number of imidazole rings is 1. The molecule has 0 saturated heterocycles. The second-order valence-electron chi connectivity index (χ2n) is 6.98. The van der Waals surface area contributed by atoms with Gasteiger partial charge in [0.05, 0.1) is 24.5 Å². The molecule has 0 fully saturated rings. The van der Waals surface area contributed by atoms with Crippen LogP contribution in [-0.2, 0) is 13.1 Å². The van der Waals surface area contributed by atoms with Crippen molar-refractivity contribution >= 4 is 17.2 Å². The van der Waals surface area contributed by atoms with Gasteiger partial charge >= 0.3 is 0 Å². The van der Waals surface area contributed by atoms with E-state index in [1.165, 1.54) is 11.3 Å². The van der Waals surface area contributed by atoms with Gasteiger partial charge in [-0.1, -0.05) is 13.8 Å². The summed E-state index contributed by atoms with van der Waals surface area (Å²) in [6.45, 7) is 7.40. The van der Waals surface area contributed by atoms with E-state index < -0.39 is 0 Å². The molecule has 28 heavy (non-hydrogen) atoms. The van der Waals surface area contributed by atoms with E-state index in [2.05, 4.69) is 33.9 Å². The maximum Gasteiger partial charge on any atom is 0.268 e. The zero-order chi connectivity index (χ0) is 19.7. The van der Waals surface area contributed by atoms with Gasteiger partial charge in [0.15, 0.2) is 5.69 Å². The molecule has 0 spiro atoms.